The molecule has 0 bridgehead atoms. The van der Waals surface area contributed by atoms with Crippen LogP contribution in [0.1, 0.15) is 76.8 Å². The van der Waals surface area contributed by atoms with E-state index in [9.17, 15) is 14.3 Å². The average Bonchev–Trinajstić information content (AvgIpc) is 3.14. The average molecular weight is 580 g/mol. The van der Waals surface area contributed by atoms with Gasteiger partial charge in [-0.3, -0.25) is 4.39 Å². The quantitative estimate of drug-likeness (QED) is 0.277. The van der Waals surface area contributed by atoms with E-state index in [2.05, 4.69) is 42.2 Å². The minimum Gasteiger partial charge on any atom is -0.496 e. The number of likely N-dealkylation sites (tertiary alicyclic amines) is 1. The molecule has 3 aromatic rings. The minimum absolute atomic E-state index is 0. The molecule has 1 aliphatic heterocycles. The Labute approximate surface area is 250 Å². The summed E-state index contributed by atoms with van der Waals surface area (Å²) in [5.74, 6) is 0.591. The van der Waals surface area contributed by atoms with E-state index < -0.39 is 5.97 Å². The highest BCUT2D eigenvalue weighted by molar-refractivity contribution is 6.02. The lowest BCUT2D eigenvalue weighted by atomic mass is 9.85. The summed E-state index contributed by atoms with van der Waals surface area (Å²) in [6.45, 7) is 8.83. The normalized spacial score (nSPS) is 15.0. The molecule has 1 N–H and O–H groups in total. The van der Waals surface area contributed by atoms with Crippen LogP contribution < -0.4 is 4.74 Å². The van der Waals surface area contributed by atoms with E-state index in [1.807, 2.05) is 38.1 Å². The molecule has 1 saturated heterocycles. The second-order valence-corrected chi connectivity index (χ2v) is 10.6. The van der Waals surface area contributed by atoms with Gasteiger partial charge in [-0.1, -0.05) is 56.3 Å². The van der Waals surface area contributed by atoms with Crippen molar-refractivity contribution in [3.05, 3.63) is 99.6 Å². The van der Waals surface area contributed by atoms with E-state index in [1.165, 1.54) is 16.7 Å². The Hall–Kier alpha value is -3.15. The fourth-order valence-corrected chi connectivity index (χ4v) is 6.11. The van der Waals surface area contributed by atoms with E-state index >= 15 is 0 Å². The standard InChI is InChI=1S/C33H36FNO3.C2H6.ClH/c1-22-6-3-9-30(38-2)31(22)29-8-4-7-26-19-27(33(36)37)14-15-28(26)32(29)25-12-10-23(11-13-25)18-24-20-35(21-24)17-5-16-34;1-2;/h3,6,9-15,19,24H,4-5,7-8,16-18,20-21H2,1-2H3,(H,36,37);1-2H3;1H. The van der Waals surface area contributed by atoms with Crippen LogP contribution in [0.4, 0.5) is 4.39 Å². The second kappa shape index (κ2) is 15.2. The van der Waals surface area contributed by atoms with Gasteiger partial charge in [0, 0.05) is 25.2 Å². The van der Waals surface area contributed by atoms with Crippen molar-refractivity contribution in [3.63, 3.8) is 0 Å². The summed E-state index contributed by atoms with van der Waals surface area (Å²) >= 11 is 0. The van der Waals surface area contributed by atoms with Crippen LogP contribution in [-0.4, -0.2) is 49.4 Å². The highest BCUT2D eigenvalue weighted by Crippen LogP contribution is 2.43. The molecule has 1 heterocycles. The first-order valence-electron chi connectivity index (χ1n) is 14.6. The molecule has 4 nitrogen and oxygen atoms in total. The summed E-state index contributed by atoms with van der Waals surface area (Å²) in [5.41, 5.74) is 9.67. The molecule has 0 aromatic heterocycles. The molecule has 5 rings (SSSR count). The maximum atomic E-state index is 12.5. The molecular formula is C35H43ClFNO3. The number of carboxylic acid groups (broad SMARTS) is 1. The van der Waals surface area contributed by atoms with Crippen LogP contribution in [0, 0.1) is 12.8 Å². The molecule has 3 aromatic carbocycles. The first kappa shape index (κ1) is 32.4. The van der Waals surface area contributed by atoms with Crippen LogP contribution in [0.15, 0.2) is 60.7 Å². The first-order valence-corrected chi connectivity index (χ1v) is 14.6. The van der Waals surface area contributed by atoms with Gasteiger partial charge in [0.2, 0.25) is 0 Å². The summed E-state index contributed by atoms with van der Waals surface area (Å²) in [7, 11) is 1.72. The van der Waals surface area contributed by atoms with Gasteiger partial charge in [-0.05, 0) is 102 Å². The number of carboxylic acids is 1. The molecule has 41 heavy (non-hydrogen) atoms. The number of methoxy groups -OCH3 is 1. The molecule has 0 unspecified atom stereocenters. The number of carbonyl (C=O) groups is 1. The minimum atomic E-state index is -0.896. The number of nitrogens with zero attached hydrogens (tertiary/aromatic N) is 1. The Morgan fingerprint density at radius 2 is 1.78 bits per heavy atom. The van der Waals surface area contributed by atoms with E-state index in [0.29, 0.717) is 17.9 Å². The summed E-state index contributed by atoms with van der Waals surface area (Å²) in [4.78, 5) is 14.0. The number of hydrogen-bond acceptors (Lipinski definition) is 3. The molecule has 0 spiro atoms. The molecule has 2 aliphatic rings. The zero-order valence-electron chi connectivity index (χ0n) is 24.7. The largest absolute Gasteiger partial charge is 0.496 e. The van der Waals surface area contributed by atoms with Gasteiger partial charge in [-0.2, -0.15) is 0 Å². The van der Waals surface area contributed by atoms with Crippen LogP contribution in [-0.2, 0) is 12.8 Å². The summed E-state index contributed by atoms with van der Waals surface area (Å²) < 4.78 is 18.3. The Morgan fingerprint density at radius 3 is 2.44 bits per heavy atom. The lowest BCUT2D eigenvalue weighted by Gasteiger charge is -2.39. The van der Waals surface area contributed by atoms with Crippen molar-refractivity contribution in [2.45, 2.75) is 52.9 Å². The highest BCUT2D eigenvalue weighted by atomic mass is 35.5. The topological polar surface area (TPSA) is 49.8 Å². The number of ether oxygens (including phenoxy) is 1. The number of alkyl halides is 1. The Kier molecular flexibility index (Phi) is 12.0. The summed E-state index contributed by atoms with van der Waals surface area (Å²) in [5, 5.41) is 9.61. The maximum Gasteiger partial charge on any atom is 0.335 e. The SMILES string of the molecule is CC.COc1cccc(C)c1C1=C(c2ccc(CC3CN(CCCF)C3)cc2)c2ccc(C(=O)O)cc2CCC1.Cl. The monoisotopic (exact) mass is 579 g/mol. The Bertz CT molecular complexity index is 1350. The van der Waals surface area contributed by atoms with Crippen LogP contribution in [0.5, 0.6) is 5.75 Å². The van der Waals surface area contributed by atoms with Crippen LogP contribution in [0.2, 0.25) is 0 Å². The van der Waals surface area contributed by atoms with E-state index in [0.717, 1.165) is 78.9 Å². The van der Waals surface area contributed by atoms with Crippen molar-refractivity contribution >= 4 is 29.5 Å². The van der Waals surface area contributed by atoms with Crippen molar-refractivity contribution in [2.75, 3.05) is 33.4 Å². The Morgan fingerprint density at radius 1 is 1.05 bits per heavy atom. The molecule has 1 aliphatic carbocycles. The predicted octanol–water partition coefficient (Wildman–Crippen LogP) is 8.28. The number of allylic oxidation sites excluding steroid dienone is 1. The molecule has 0 amide bonds. The maximum absolute atomic E-state index is 12.5. The fourth-order valence-electron chi connectivity index (χ4n) is 6.11. The third-order valence-corrected chi connectivity index (χ3v) is 7.96. The third kappa shape index (κ3) is 7.38. The van der Waals surface area contributed by atoms with Gasteiger partial charge in [0.25, 0.3) is 0 Å². The fraction of sp³-hybridized carbons (Fsp3) is 0.400. The van der Waals surface area contributed by atoms with Crippen LogP contribution in [0.25, 0.3) is 11.1 Å². The number of aryl methyl sites for hydroxylation is 2. The molecule has 1 fully saturated rings. The van der Waals surface area contributed by atoms with Gasteiger partial charge in [0.05, 0.1) is 19.3 Å². The van der Waals surface area contributed by atoms with Crippen LogP contribution >= 0.6 is 12.4 Å². The van der Waals surface area contributed by atoms with Gasteiger partial charge in [-0.15, -0.1) is 12.4 Å². The first-order chi connectivity index (χ1) is 19.5. The van der Waals surface area contributed by atoms with Crippen molar-refractivity contribution in [2.24, 2.45) is 5.92 Å². The summed E-state index contributed by atoms with van der Waals surface area (Å²) in [6.07, 6.45) is 4.30. The van der Waals surface area contributed by atoms with Crippen molar-refractivity contribution in [1.29, 1.82) is 0 Å². The van der Waals surface area contributed by atoms with Crippen LogP contribution in [0.3, 0.4) is 0 Å². The van der Waals surface area contributed by atoms with Gasteiger partial charge >= 0.3 is 5.97 Å². The van der Waals surface area contributed by atoms with Gasteiger partial charge in [-0.25, -0.2) is 4.79 Å². The zero-order valence-corrected chi connectivity index (χ0v) is 25.5. The zero-order chi connectivity index (χ0) is 28.6. The van der Waals surface area contributed by atoms with Gasteiger partial charge in [0.15, 0.2) is 0 Å². The second-order valence-electron chi connectivity index (χ2n) is 10.6. The molecule has 6 heteroatoms. The number of aromatic carboxylic acids is 1. The molecule has 0 radical (unpaired) electrons. The van der Waals surface area contributed by atoms with E-state index in [4.69, 9.17) is 4.74 Å². The predicted molar refractivity (Wildman–Crippen MR) is 169 cm³/mol. The number of rotatable bonds is 9. The lowest BCUT2D eigenvalue weighted by molar-refractivity contribution is 0.0696. The lowest BCUT2D eigenvalue weighted by Crippen LogP contribution is -2.47. The third-order valence-electron chi connectivity index (χ3n) is 7.96. The van der Waals surface area contributed by atoms with E-state index in [1.54, 1.807) is 13.2 Å². The Balaban J connectivity index is 0.00000151. The number of benzene rings is 3. The number of fused-ring (bicyclic) bond motifs is 1. The summed E-state index contributed by atoms with van der Waals surface area (Å²) in [6, 6.07) is 20.6. The number of halogens is 2. The smallest absolute Gasteiger partial charge is 0.335 e. The highest BCUT2D eigenvalue weighted by Gasteiger charge is 2.27. The van der Waals surface area contributed by atoms with Crippen molar-refractivity contribution < 1.29 is 19.0 Å². The molecule has 0 saturated carbocycles. The van der Waals surface area contributed by atoms with Gasteiger partial charge in [0.1, 0.15) is 5.75 Å². The van der Waals surface area contributed by atoms with Gasteiger partial charge < -0.3 is 14.7 Å². The van der Waals surface area contributed by atoms with Crippen molar-refractivity contribution in [3.8, 4) is 5.75 Å². The van der Waals surface area contributed by atoms with Crippen molar-refractivity contribution in [1.82, 2.24) is 4.90 Å². The number of hydrogen-bond donors (Lipinski definition) is 1. The van der Waals surface area contributed by atoms with E-state index in [-0.39, 0.29) is 19.1 Å². The molecule has 220 valence electrons. The molecular weight excluding hydrogens is 537 g/mol. The molecule has 0 atom stereocenters.